The van der Waals surface area contributed by atoms with E-state index in [1.807, 2.05) is 24.3 Å². The molecule has 1 heterocycles. The fourth-order valence-electron chi connectivity index (χ4n) is 6.91. The number of benzene rings is 3. The maximum atomic E-state index is 13.5. The first-order chi connectivity index (χ1) is 22.1. The zero-order valence-corrected chi connectivity index (χ0v) is 27.8. The van der Waals surface area contributed by atoms with Gasteiger partial charge in [0, 0.05) is 41.7 Å². The highest BCUT2D eigenvalue weighted by Gasteiger charge is 2.30. The maximum Gasteiger partial charge on any atom is 0.305 e. The van der Waals surface area contributed by atoms with Gasteiger partial charge in [-0.3, -0.25) is 14.9 Å². The molecule has 0 bridgehead atoms. The quantitative estimate of drug-likeness (QED) is 0.0465. The summed E-state index contributed by atoms with van der Waals surface area (Å²) in [6.45, 7) is 9.33. The van der Waals surface area contributed by atoms with Crippen LogP contribution in [0.4, 0.5) is 10.1 Å². The number of esters is 1. The Morgan fingerprint density at radius 3 is 2.04 bits per heavy atom. The van der Waals surface area contributed by atoms with Gasteiger partial charge in [0.1, 0.15) is 25.5 Å². The van der Waals surface area contributed by atoms with Crippen LogP contribution in [0, 0.1) is 22.9 Å². The molecule has 46 heavy (non-hydrogen) atoms. The number of hydrogen-bond donors (Lipinski definition) is 0. The van der Waals surface area contributed by atoms with Crippen molar-refractivity contribution in [2.24, 2.45) is 0 Å². The van der Waals surface area contributed by atoms with Gasteiger partial charge >= 0.3 is 5.97 Å². The number of unbranched alkanes of at least 4 members (excludes halogenated alkanes) is 3. The zero-order valence-electron chi connectivity index (χ0n) is 27.8. The van der Waals surface area contributed by atoms with Gasteiger partial charge < -0.3 is 13.7 Å². The number of nitrogens with zero attached hydrogens (tertiary/aromatic N) is 3. The highest BCUT2D eigenvalue weighted by molar-refractivity contribution is 5.69. The van der Waals surface area contributed by atoms with E-state index in [1.54, 1.807) is 12.1 Å². The molecule has 3 aromatic carbocycles. The Morgan fingerprint density at radius 1 is 0.826 bits per heavy atom. The standard InChI is InChI=1S/C38H52FN3O4/c1-32-12-14-33(15-13-32)29-41(2,30-34-16-20-36(39)21-17-34)24-10-28-46-38(43)11-6-3-4-7-25-42(26-8-5-9-27-42)31-35-18-22-37(23-19-35)40(44)45/h12-23H,3-11,24-31H2,1-2H3/q+2. The summed E-state index contributed by atoms with van der Waals surface area (Å²) < 4.78 is 20.9. The summed E-state index contributed by atoms with van der Waals surface area (Å²) >= 11 is 0. The van der Waals surface area contributed by atoms with Crippen LogP contribution < -0.4 is 0 Å². The Morgan fingerprint density at radius 2 is 1.41 bits per heavy atom. The summed E-state index contributed by atoms with van der Waals surface area (Å²) in [5, 5.41) is 11.0. The molecule has 0 amide bonds. The van der Waals surface area contributed by atoms with E-state index in [-0.39, 0.29) is 22.4 Å². The predicted molar refractivity (Wildman–Crippen MR) is 180 cm³/mol. The molecule has 0 saturated carbocycles. The van der Waals surface area contributed by atoms with Crippen molar-refractivity contribution in [1.82, 2.24) is 0 Å². The fraction of sp³-hybridized carbons (Fsp3) is 0.500. The maximum absolute atomic E-state index is 13.5. The molecule has 4 rings (SSSR count). The second-order valence-electron chi connectivity index (χ2n) is 13.7. The number of ether oxygens (including phenoxy) is 1. The SMILES string of the molecule is Cc1ccc(C[N+](C)(CCCOC(=O)CCCCCC[N+]2(Cc3ccc([N+](=O)[O-])cc3)CCCCC2)Cc2ccc(F)cc2)cc1. The van der Waals surface area contributed by atoms with Crippen LogP contribution in [-0.4, -0.2) is 59.7 Å². The van der Waals surface area contributed by atoms with Crippen molar-refractivity contribution < 1.29 is 27.8 Å². The molecule has 1 atom stereocenters. The Bertz CT molecular complexity index is 1320. The number of non-ortho nitro benzene ring substituents is 1. The Balaban J connectivity index is 1.16. The van der Waals surface area contributed by atoms with E-state index >= 15 is 0 Å². The molecule has 0 radical (unpaired) electrons. The summed E-state index contributed by atoms with van der Waals surface area (Å²) in [5.41, 5.74) is 4.89. The third-order valence-corrected chi connectivity index (χ3v) is 9.46. The van der Waals surface area contributed by atoms with Crippen LogP contribution >= 0.6 is 0 Å². The minimum Gasteiger partial charge on any atom is -0.465 e. The molecule has 0 spiro atoms. The Kier molecular flexibility index (Phi) is 13.3. The topological polar surface area (TPSA) is 69.4 Å². The molecule has 8 heteroatoms. The van der Waals surface area contributed by atoms with Gasteiger partial charge in [0.05, 0.1) is 44.8 Å². The monoisotopic (exact) mass is 633 g/mol. The molecule has 1 aliphatic heterocycles. The van der Waals surface area contributed by atoms with Crippen molar-refractivity contribution in [3.05, 3.63) is 111 Å². The molecule has 3 aromatic rings. The molecule has 1 unspecified atom stereocenters. The summed E-state index contributed by atoms with van der Waals surface area (Å²) in [5.74, 6) is -0.348. The molecular weight excluding hydrogens is 581 g/mol. The molecule has 248 valence electrons. The Hall–Kier alpha value is -3.62. The van der Waals surface area contributed by atoms with Crippen molar-refractivity contribution >= 4 is 11.7 Å². The zero-order chi connectivity index (χ0) is 32.8. The van der Waals surface area contributed by atoms with Crippen LogP contribution in [0.15, 0.2) is 72.8 Å². The van der Waals surface area contributed by atoms with Crippen molar-refractivity contribution in [3.8, 4) is 0 Å². The highest BCUT2D eigenvalue weighted by atomic mass is 19.1. The van der Waals surface area contributed by atoms with Crippen LogP contribution in [-0.2, 0) is 29.2 Å². The van der Waals surface area contributed by atoms with Crippen molar-refractivity contribution in [2.45, 2.75) is 84.3 Å². The fourth-order valence-corrected chi connectivity index (χ4v) is 6.91. The number of carbonyl (C=O) groups is 1. The van der Waals surface area contributed by atoms with Gasteiger partial charge in [-0.15, -0.1) is 0 Å². The van der Waals surface area contributed by atoms with Crippen molar-refractivity contribution in [1.29, 1.82) is 0 Å². The largest absolute Gasteiger partial charge is 0.465 e. The lowest BCUT2D eigenvalue weighted by Crippen LogP contribution is -2.51. The summed E-state index contributed by atoms with van der Waals surface area (Å²) in [7, 11) is 2.22. The van der Waals surface area contributed by atoms with E-state index in [1.165, 1.54) is 48.1 Å². The number of hydrogen-bond acceptors (Lipinski definition) is 4. The van der Waals surface area contributed by atoms with Gasteiger partial charge in [-0.1, -0.05) is 48.4 Å². The van der Waals surface area contributed by atoms with Crippen LogP contribution in [0.5, 0.6) is 0 Å². The third kappa shape index (κ3) is 11.6. The van der Waals surface area contributed by atoms with Gasteiger partial charge in [0.15, 0.2) is 0 Å². The minimum absolute atomic E-state index is 0.121. The van der Waals surface area contributed by atoms with Gasteiger partial charge in [-0.2, -0.15) is 0 Å². The second kappa shape index (κ2) is 17.3. The van der Waals surface area contributed by atoms with Crippen LogP contribution in [0.3, 0.4) is 0 Å². The number of nitro groups is 1. The number of rotatable bonds is 18. The lowest BCUT2D eigenvalue weighted by Gasteiger charge is -2.42. The third-order valence-electron chi connectivity index (χ3n) is 9.46. The van der Waals surface area contributed by atoms with E-state index in [4.69, 9.17) is 4.74 Å². The molecule has 1 aliphatic rings. The average molecular weight is 634 g/mol. The lowest BCUT2D eigenvalue weighted by molar-refractivity contribution is -0.945. The van der Waals surface area contributed by atoms with Crippen LogP contribution in [0.25, 0.3) is 0 Å². The first-order valence-corrected chi connectivity index (χ1v) is 17.0. The number of halogens is 1. The number of nitro benzene ring substituents is 1. The first-order valence-electron chi connectivity index (χ1n) is 17.0. The van der Waals surface area contributed by atoms with Gasteiger partial charge in [-0.05, 0) is 69.7 Å². The van der Waals surface area contributed by atoms with Crippen LogP contribution in [0.2, 0.25) is 0 Å². The molecule has 7 nitrogen and oxygen atoms in total. The predicted octanol–water partition coefficient (Wildman–Crippen LogP) is 8.27. The van der Waals surface area contributed by atoms with Crippen molar-refractivity contribution in [3.63, 3.8) is 0 Å². The van der Waals surface area contributed by atoms with E-state index in [0.717, 1.165) is 92.4 Å². The van der Waals surface area contributed by atoms with E-state index in [2.05, 4.69) is 38.2 Å². The lowest BCUT2D eigenvalue weighted by atomic mass is 10.0. The second-order valence-corrected chi connectivity index (χ2v) is 13.7. The first kappa shape index (κ1) is 35.2. The summed E-state index contributed by atoms with van der Waals surface area (Å²) in [4.78, 5) is 23.2. The minimum atomic E-state index is -0.342. The number of likely N-dealkylation sites (tertiary alicyclic amines) is 1. The van der Waals surface area contributed by atoms with E-state index < -0.39 is 0 Å². The van der Waals surface area contributed by atoms with Gasteiger partial charge in [0.2, 0.25) is 0 Å². The molecular formula is C38H52FN3O4+2. The van der Waals surface area contributed by atoms with Gasteiger partial charge in [-0.25, -0.2) is 4.39 Å². The van der Waals surface area contributed by atoms with Crippen molar-refractivity contribution in [2.75, 3.05) is 39.8 Å². The summed E-state index contributed by atoms with van der Waals surface area (Å²) in [6, 6.07) is 22.4. The molecule has 0 aliphatic carbocycles. The molecule has 0 N–H and O–H groups in total. The van der Waals surface area contributed by atoms with Gasteiger partial charge in [0.25, 0.3) is 5.69 Å². The number of carbonyl (C=O) groups excluding carboxylic acids is 1. The van der Waals surface area contributed by atoms with Crippen LogP contribution in [0.1, 0.15) is 80.0 Å². The number of aryl methyl sites for hydroxylation is 1. The molecule has 0 aromatic heterocycles. The van der Waals surface area contributed by atoms with E-state index in [9.17, 15) is 19.3 Å². The normalized spacial score (nSPS) is 15.6. The van der Waals surface area contributed by atoms with E-state index in [0.29, 0.717) is 13.0 Å². The summed E-state index contributed by atoms with van der Waals surface area (Å²) in [6.07, 6.45) is 9.02. The average Bonchev–Trinajstić information content (AvgIpc) is 3.04. The number of quaternary nitrogens is 2. The highest BCUT2D eigenvalue weighted by Crippen LogP contribution is 2.25. The molecule has 1 saturated heterocycles. The Labute approximate surface area is 274 Å². The smallest absolute Gasteiger partial charge is 0.305 e. The number of piperidine rings is 1. The molecule has 1 fully saturated rings.